The third-order valence-corrected chi connectivity index (χ3v) is 4.53. The van der Waals surface area contributed by atoms with Crippen molar-refractivity contribution in [1.82, 2.24) is 4.98 Å². The van der Waals surface area contributed by atoms with Crippen LogP contribution in [-0.2, 0) is 17.8 Å². The Morgan fingerprint density at radius 1 is 1.10 bits per heavy atom. The Kier molecular flexibility index (Phi) is 6.81. The molecule has 0 atom stereocenters. The third-order valence-electron chi connectivity index (χ3n) is 4.24. The number of aryl methyl sites for hydroxylation is 1. The van der Waals surface area contributed by atoms with Crippen LogP contribution in [0.2, 0.25) is 5.02 Å². The van der Waals surface area contributed by atoms with Crippen LogP contribution in [0.3, 0.4) is 0 Å². The molecule has 0 saturated carbocycles. The molecule has 0 bridgehead atoms. The monoisotopic (exact) mass is 409 g/mol. The van der Waals surface area contributed by atoms with E-state index in [0.717, 1.165) is 11.1 Å². The fraction of sp³-hybridized carbons (Fsp3) is 0.136. The van der Waals surface area contributed by atoms with Crippen molar-refractivity contribution in [2.24, 2.45) is 5.73 Å². The SMILES string of the molecule is NC(=O)c1ccccc1CCC(=O)Nc1ccc(OCc2cccnc2)c(Cl)c1. The van der Waals surface area contributed by atoms with Gasteiger partial charge in [-0.2, -0.15) is 0 Å². The Morgan fingerprint density at radius 3 is 2.66 bits per heavy atom. The van der Waals surface area contributed by atoms with E-state index in [1.54, 1.807) is 48.8 Å². The largest absolute Gasteiger partial charge is 0.487 e. The highest BCUT2D eigenvalue weighted by atomic mass is 35.5. The molecule has 0 aliphatic carbocycles. The zero-order chi connectivity index (χ0) is 20.6. The van der Waals surface area contributed by atoms with E-state index < -0.39 is 5.91 Å². The van der Waals surface area contributed by atoms with Gasteiger partial charge in [-0.15, -0.1) is 0 Å². The first-order valence-electron chi connectivity index (χ1n) is 9.02. The van der Waals surface area contributed by atoms with Gasteiger partial charge in [0.05, 0.1) is 5.02 Å². The zero-order valence-electron chi connectivity index (χ0n) is 15.6. The molecule has 2 amide bonds. The quantitative estimate of drug-likeness (QED) is 0.588. The Hall–Kier alpha value is -3.38. The molecule has 3 aromatic rings. The number of carbonyl (C=O) groups excluding carboxylic acids is 2. The van der Waals surface area contributed by atoms with Crippen LogP contribution >= 0.6 is 11.6 Å². The van der Waals surface area contributed by atoms with Crippen LogP contribution in [-0.4, -0.2) is 16.8 Å². The maximum Gasteiger partial charge on any atom is 0.248 e. The molecule has 3 rings (SSSR count). The predicted octanol–water partition coefficient (Wildman–Crippen LogP) is 3.98. The maximum atomic E-state index is 12.3. The Balaban J connectivity index is 1.55. The molecule has 0 fully saturated rings. The Morgan fingerprint density at radius 2 is 1.93 bits per heavy atom. The van der Waals surface area contributed by atoms with Gasteiger partial charge in [-0.05, 0) is 42.3 Å². The smallest absolute Gasteiger partial charge is 0.248 e. The van der Waals surface area contributed by atoms with E-state index in [1.807, 2.05) is 18.2 Å². The van der Waals surface area contributed by atoms with Gasteiger partial charge in [0.1, 0.15) is 12.4 Å². The number of primary amides is 1. The molecule has 3 N–H and O–H groups in total. The van der Waals surface area contributed by atoms with E-state index in [9.17, 15) is 9.59 Å². The summed E-state index contributed by atoms with van der Waals surface area (Å²) in [6.45, 7) is 0.346. The molecule has 0 radical (unpaired) electrons. The summed E-state index contributed by atoms with van der Waals surface area (Å²) in [5, 5.41) is 3.19. The summed E-state index contributed by atoms with van der Waals surface area (Å²) in [6.07, 6.45) is 4.03. The lowest BCUT2D eigenvalue weighted by Gasteiger charge is -2.11. The van der Waals surface area contributed by atoms with Crippen LogP contribution in [0.1, 0.15) is 27.9 Å². The number of anilines is 1. The number of rotatable bonds is 8. The molecule has 0 aliphatic heterocycles. The van der Waals surface area contributed by atoms with Crippen LogP contribution in [0, 0.1) is 0 Å². The highest BCUT2D eigenvalue weighted by Gasteiger charge is 2.11. The normalized spacial score (nSPS) is 10.4. The number of pyridine rings is 1. The van der Waals surface area contributed by atoms with Crippen LogP contribution in [0.4, 0.5) is 5.69 Å². The topological polar surface area (TPSA) is 94.3 Å². The number of amides is 2. The summed E-state index contributed by atoms with van der Waals surface area (Å²) in [6, 6.07) is 15.8. The number of hydrogen-bond acceptors (Lipinski definition) is 4. The molecular formula is C22H20ClN3O3. The highest BCUT2D eigenvalue weighted by molar-refractivity contribution is 6.32. The first kappa shape index (κ1) is 20.4. The molecule has 29 heavy (non-hydrogen) atoms. The number of carbonyl (C=O) groups is 2. The molecule has 6 nitrogen and oxygen atoms in total. The van der Waals surface area contributed by atoms with Crippen LogP contribution in [0.25, 0.3) is 0 Å². The first-order chi connectivity index (χ1) is 14.0. The summed E-state index contributed by atoms with van der Waals surface area (Å²) in [4.78, 5) is 27.8. The van der Waals surface area contributed by atoms with Crippen LogP contribution in [0.5, 0.6) is 5.75 Å². The summed E-state index contributed by atoms with van der Waals surface area (Å²) in [5.41, 5.74) is 8.03. The van der Waals surface area contributed by atoms with E-state index in [-0.39, 0.29) is 12.3 Å². The summed E-state index contributed by atoms with van der Waals surface area (Å²) >= 11 is 6.26. The van der Waals surface area contributed by atoms with Crippen molar-refractivity contribution in [3.05, 3.63) is 88.7 Å². The van der Waals surface area contributed by atoms with Crippen molar-refractivity contribution in [3.63, 3.8) is 0 Å². The van der Waals surface area contributed by atoms with Crippen molar-refractivity contribution in [2.45, 2.75) is 19.4 Å². The molecule has 148 valence electrons. The number of nitrogens with zero attached hydrogens (tertiary/aromatic N) is 1. The lowest BCUT2D eigenvalue weighted by atomic mass is 10.0. The average Bonchev–Trinajstić information content (AvgIpc) is 2.72. The number of hydrogen-bond donors (Lipinski definition) is 2. The summed E-state index contributed by atoms with van der Waals surface area (Å²) in [7, 11) is 0. The molecule has 0 saturated heterocycles. The second kappa shape index (κ2) is 9.71. The summed E-state index contributed by atoms with van der Waals surface area (Å²) < 4.78 is 5.70. The minimum absolute atomic E-state index is 0.190. The van der Waals surface area contributed by atoms with Crippen molar-refractivity contribution in [2.75, 3.05) is 5.32 Å². The molecular weight excluding hydrogens is 390 g/mol. The number of benzene rings is 2. The fourth-order valence-electron chi connectivity index (χ4n) is 2.79. The second-order valence-corrected chi connectivity index (χ2v) is 6.77. The van der Waals surface area contributed by atoms with Gasteiger partial charge >= 0.3 is 0 Å². The minimum Gasteiger partial charge on any atom is -0.487 e. The van der Waals surface area contributed by atoms with Gasteiger partial charge in [-0.1, -0.05) is 35.9 Å². The lowest BCUT2D eigenvalue weighted by Crippen LogP contribution is -2.16. The Bertz CT molecular complexity index is 1010. The van der Waals surface area contributed by atoms with Gasteiger partial charge in [0, 0.05) is 35.6 Å². The number of ether oxygens (including phenoxy) is 1. The van der Waals surface area contributed by atoms with E-state index in [0.29, 0.717) is 35.1 Å². The fourth-order valence-corrected chi connectivity index (χ4v) is 3.03. The van der Waals surface area contributed by atoms with Gasteiger partial charge in [0.15, 0.2) is 0 Å². The van der Waals surface area contributed by atoms with Crippen LogP contribution in [0.15, 0.2) is 67.0 Å². The van der Waals surface area contributed by atoms with E-state index in [1.165, 1.54) is 0 Å². The van der Waals surface area contributed by atoms with Crippen molar-refractivity contribution >= 4 is 29.1 Å². The zero-order valence-corrected chi connectivity index (χ0v) is 16.4. The molecule has 1 heterocycles. The molecule has 2 aromatic carbocycles. The minimum atomic E-state index is -0.505. The maximum absolute atomic E-state index is 12.3. The highest BCUT2D eigenvalue weighted by Crippen LogP contribution is 2.28. The van der Waals surface area contributed by atoms with Gasteiger partial charge in [-0.25, -0.2) is 0 Å². The van der Waals surface area contributed by atoms with E-state index in [4.69, 9.17) is 22.1 Å². The molecule has 1 aromatic heterocycles. The van der Waals surface area contributed by atoms with Crippen LogP contribution < -0.4 is 15.8 Å². The van der Waals surface area contributed by atoms with Crippen molar-refractivity contribution in [1.29, 1.82) is 0 Å². The Labute approximate surface area is 173 Å². The average molecular weight is 410 g/mol. The van der Waals surface area contributed by atoms with Gasteiger partial charge in [0.25, 0.3) is 0 Å². The van der Waals surface area contributed by atoms with E-state index in [2.05, 4.69) is 10.3 Å². The van der Waals surface area contributed by atoms with Gasteiger partial charge in [-0.3, -0.25) is 14.6 Å². The third kappa shape index (κ3) is 5.80. The first-order valence-corrected chi connectivity index (χ1v) is 9.39. The second-order valence-electron chi connectivity index (χ2n) is 6.36. The molecule has 0 spiro atoms. The van der Waals surface area contributed by atoms with Crippen molar-refractivity contribution in [3.8, 4) is 5.75 Å². The number of aromatic nitrogens is 1. The van der Waals surface area contributed by atoms with Crippen molar-refractivity contribution < 1.29 is 14.3 Å². The van der Waals surface area contributed by atoms with E-state index >= 15 is 0 Å². The predicted molar refractivity (Wildman–Crippen MR) is 112 cm³/mol. The number of nitrogens with one attached hydrogen (secondary N) is 1. The number of halogens is 1. The number of nitrogens with two attached hydrogens (primary N) is 1. The molecule has 0 unspecified atom stereocenters. The lowest BCUT2D eigenvalue weighted by molar-refractivity contribution is -0.116. The van der Waals surface area contributed by atoms with Gasteiger partial charge < -0.3 is 15.8 Å². The standard InChI is InChI=1S/C22H20ClN3O3/c23-19-12-17(8-9-20(19)29-14-15-4-3-11-25-13-15)26-21(27)10-7-16-5-1-2-6-18(16)22(24)28/h1-6,8-9,11-13H,7,10,14H2,(H2,24,28)(H,26,27). The molecule has 0 aliphatic rings. The molecule has 7 heteroatoms. The summed E-state index contributed by atoms with van der Waals surface area (Å²) in [5.74, 6) is -0.178. The van der Waals surface area contributed by atoms with Gasteiger partial charge in [0.2, 0.25) is 11.8 Å².